The number of nitriles is 1. The molecule has 2 aromatic rings. The highest BCUT2D eigenvalue weighted by molar-refractivity contribution is 5.87. The van der Waals surface area contributed by atoms with Crippen LogP contribution in [0.2, 0.25) is 0 Å². The van der Waals surface area contributed by atoms with Crippen LogP contribution in [0, 0.1) is 11.3 Å². The molecule has 0 aliphatic heterocycles. The van der Waals surface area contributed by atoms with Gasteiger partial charge in [-0.05, 0) is 19.1 Å². The third-order valence-electron chi connectivity index (χ3n) is 2.55. The maximum absolute atomic E-state index is 12.1. The molecule has 0 fully saturated rings. The maximum atomic E-state index is 12.1. The van der Waals surface area contributed by atoms with E-state index in [4.69, 9.17) is 5.26 Å². The van der Waals surface area contributed by atoms with Gasteiger partial charge in [-0.15, -0.1) is 13.2 Å². The topological polar surface area (TPSA) is 38.0 Å². The molecule has 1 aromatic carbocycles. The first-order valence-corrected chi connectivity index (χ1v) is 7.23. The number of hydrogen-bond acceptors (Lipinski definition) is 2. The molecule has 0 unspecified atom stereocenters. The zero-order valence-electron chi connectivity index (χ0n) is 13.5. The van der Waals surface area contributed by atoms with Crippen LogP contribution < -0.4 is 4.74 Å². The van der Waals surface area contributed by atoms with Crippen LogP contribution in [0.15, 0.2) is 24.4 Å². The summed E-state index contributed by atoms with van der Waals surface area (Å²) < 4.78 is 41.9. The molecule has 1 aromatic heterocycles. The predicted octanol–water partition coefficient (Wildman–Crippen LogP) is 5.48. The largest absolute Gasteiger partial charge is 0.573 e. The molecule has 0 saturated heterocycles. The minimum Gasteiger partial charge on any atom is -0.406 e. The Morgan fingerprint density at radius 3 is 2.23 bits per heavy atom. The first kappa shape index (κ1) is 19.8. The summed E-state index contributed by atoms with van der Waals surface area (Å²) in [6.07, 6.45) is -3.10. The molecule has 2 rings (SSSR count). The van der Waals surface area contributed by atoms with Crippen molar-refractivity contribution in [2.45, 2.75) is 47.5 Å². The van der Waals surface area contributed by atoms with Gasteiger partial charge in [-0.3, -0.25) is 0 Å². The second-order valence-electron chi connectivity index (χ2n) is 3.67. The van der Waals surface area contributed by atoms with E-state index in [9.17, 15) is 13.2 Å². The number of hydrogen-bond donors (Lipinski definition) is 0. The molecular weight excluding hydrogens is 293 g/mol. The van der Waals surface area contributed by atoms with Crippen molar-refractivity contribution in [3.63, 3.8) is 0 Å². The van der Waals surface area contributed by atoms with Crippen LogP contribution in [0.1, 0.15) is 40.2 Å². The molecule has 0 aliphatic rings. The van der Waals surface area contributed by atoms with E-state index in [0.717, 1.165) is 0 Å². The average molecular weight is 314 g/mol. The summed E-state index contributed by atoms with van der Waals surface area (Å²) in [5.74, 6) is -0.285. The Morgan fingerprint density at radius 1 is 1.18 bits per heavy atom. The standard InChI is InChI=1S/C12H9F3N2O.2C2H6/c1-2-17-7-8(6-16)10-4-3-9(5-11(10)17)18-12(13,14)15;2*1-2/h3-5,7H,2H2,1H3;2*1-2H3. The summed E-state index contributed by atoms with van der Waals surface area (Å²) in [5, 5.41) is 9.54. The zero-order valence-corrected chi connectivity index (χ0v) is 13.5. The lowest BCUT2D eigenvalue weighted by atomic mass is 10.2. The number of benzene rings is 1. The molecule has 0 saturated carbocycles. The minimum atomic E-state index is -4.71. The Labute approximate surface area is 128 Å². The number of ether oxygens (including phenoxy) is 1. The van der Waals surface area contributed by atoms with Gasteiger partial charge in [0.1, 0.15) is 11.8 Å². The number of aryl methyl sites for hydroxylation is 1. The van der Waals surface area contributed by atoms with Crippen molar-refractivity contribution in [3.8, 4) is 11.8 Å². The van der Waals surface area contributed by atoms with Crippen LogP contribution in [-0.4, -0.2) is 10.9 Å². The summed E-state index contributed by atoms with van der Waals surface area (Å²) in [7, 11) is 0. The number of alkyl halides is 3. The number of rotatable bonds is 2. The molecule has 0 atom stereocenters. The molecule has 0 aliphatic carbocycles. The van der Waals surface area contributed by atoms with Gasteiger partial charge in [0.15, 0.2) is 0 Å². The highest BCUT2D eigenvalue weighted by Gasteiger charge is 2.31. The summed E-state index contributed by atoms with van der Waals surface area (Å²) >= 11 is 0. The van der Waals surface area contributed by atoms with E-state index in [0.29, 0.717) is 23.0 Å². The fraction of sp³-hybridized carbons (Fsp3) is 0.438. The normalized spacial score (nSPS) is 9.95. The van der Waals surface area contributed by atoms with Crippen LogP contribution in [0.5, 0.6) is 5.75 Å². The van der Waals surface area contributed by atoms with E-state index >= 15 is 0 Å². The zero-order chi connectivity index (χ0) is 17.3. The molecule has 1 heterocycles. The van der Waals surface area contributed by atoms with Crippen LogP contribution in [-0.2, 0) is 6.54 Å². The fourth-order valence-electron chi connectivity index (χ4n) is 1.82. The van der Waals surface area contributed by atoms with Crippen LogP contribution in [0.3, 0.4) is 0 Å². The lowest BCUT2D eigenvalue weighted by Gasteiger charge is -2.09. The monoisotopic (exact) mass is 314 g/mol. The van der Waals surface area contributed by atoms with Gasteiger partial charge in [-0.2, -0.15) is 5.26 Å². The van der Waals surface area contributed by atoms with Gasteiger partial charge in [0.25, 0.3) is 0 Å². The lowest BCUT2D eigenvalue weighted by Crippen LogP contribution is -2.17. The first-order valence-electron chi connectivity index (χ1n) is 7.23. The first-order chi connectivity index (χ1) is 10.4. The highest BCUT2D eigenvalue weighted by atomic mass is 19.4. The molecule has 6 heteroatoms. The van der Waals surface area contributed by atoms with E-state index in [1.165, 1.54) is 18.2 Å². The van der Waals surface area contributed by atoms with Gasteiger partial charge in [0.2, 0.25) is 0 Å². The molecule has 0 amide bonds. The van der Waals surface area contributed by atoms with Gasteiger partial charge >= 0.3 is 6.36 Å². The molecule has 0 spiro atoms. The number of fused-ring (bicyclic) bond motifs is 1. The molecule has 22 heavy (non-hydrogen) atoms. The van der Waals surface area contributed by atoms with E-state index < -0.39 is 6.36 Å². The van der Waals surface area contributed by atoms with E-state index in [1.54, 1.807) is 10.8 Å². The van der Waals surface area contributed by atoms with E-state index in [-0.39, 0.29) is 5.75 Å². The molecule has 3 nitrogen and oxygen atoms in total. The van der Waals surface area contributed by atoms with Crippen molar-refractivity contribution in [2.24, 2.45) is 0 Å². The van der Waals surface area contributed by atoms with Gasteiger partial charge < -0.3 is 9.30 Å². The Hall–Kier alpha value is -2.16. The summed E-state index contributed by atoms with van der Waals surface area (Å²) in [5.41, 5.74) is 0.987. The van der Waals surface area contributed by atoms with E-state index in [1.807, 2.05) is 40.7 Å². The number of aromatic nitrogens is 1. The summed E-state index contributed by atoms with van der Waals surface area (Å²) in [6.45, 7) is 10.4. The Morgan fingerprint density at radius 2 is 1.77 bits per heavy atom. The summed E-state index contributed by atoms with van der Waals surface area (Å²) in [4.78, 5) is 0. The highest BCUT2D eigenvalue weighted by Crippen LogP contribution is 2.29. The fourth-order valence-corrected chi connectivity index (χ4v) is 1.82. The molecule has 0 radical (unpaired) electrons. The predicted molar refractivity (Wildman–Crippen MR) is 81.7 cm³/mol. The molecule has 0 bridgehead atoms. The van der Waals surface area contributed by atoms with Crippen molar-refractivity contribution in [1.29, 1.82) is 5.26 Å². The number of nitrogens with zero attached hydrogens (tertiary/aromatic N) is 2. The van der Waals surface area contributed by atoms with Gasteiger partial charge in [0.05, 0.1) is 11.1 Å². The Bertz CT molecular complexity index is 625. The second kappa shape index (κ2) is 8.98. The van der Waals surface area contributed by atoms with Gasteiger partial charge in [-0.25, -0.2) is 0 Å². The van der Waals surface area contributed by atoms with Crippen molar-refractivity contribution in [2.75, 3.05) is 0 Å². The Balaban J connectivity index is 0.00000102. The van der Waals surface area contributed by atoms with Crippen LogP contribution in [0.4, 0.5) is 13.2 Å². The lowest BCUT2D eigenvalue weighted by molar-refractivity contribution is -0.274. The Kier molecular flexibility index (Phi) is 8.10. The SMILES string of the molecule is CC.CC.CCn1cc(C#N)c2ccc(OC(F)(F)F)cc21. The van der Waals surface area contributed by atoms with Crippen molar-refractivity contribution in [3.05, 3.63) is 30.0 Å². The smallest absolute Gasteiger partial charge is 0.406 e. The van der Waals surface area contributed by atoms with Crippen molar-refractivity contribution in [1.82, 2.24) is 4.57 Å². The molecule has 122 valence electrons. The maximum Gasteiger partial charge on any atom is 0.573 e. The minimum absolute atomic E-state index is 0.285. The third kappa shape index (κ3) is 4.99. The van der Waals surface area contributed by atoms with Crippen molar-refractivity contribution < 1.29 is 17.9 Å². The summed E-state index contributed by atoms with van der Waals surface area (Å²) in [6, 6.07) is 5.96. The molecule has 0 N–H and O–H groups in total. The third-order valence-corrected chi connectivity index (χ3v) is 2.55. The van der Waals surface area contributed by atoms with Crippen molar-refractivity contribution >= 4 is 10.9 Å². The average Bonchev–Trinajstić information content (AvgIpc) is 2.87. The second-order valence-corrected chi connectivity index (χ2v) is 3.67. The molecular formula is C16H21F3N2O. The number of halogens is 3. The van der Waals surface area contributed by atoms with E-state index in [2.05, 4.69) is 4.74 Å². The van der Waals surface area contributed by atoms with Crippen LogP contribution in [0.25, 0.3) is 10.9 Å². The van der Waals surface area contributed by atoms with Gasteiger partial charge in [0, 0.05) is 24.2 Å². The quantitative estimate of drug-likeness (QED) is 0.735. The van der Waals surface area contributed by atoms with Gasteiger partial charge in [-0.1, -0.05) is 27.7 Å². The van der Waals surface area contributed by atoms with Crippen LogP contribution >= 0.6 is 0 Å².